The summed E-state index contributed by atoms with van der Waals surface area (Å²) < 4.78 is 21.1. The number of methoxy groups -OCH3 is 2. The third-order valence-electron chi connectivity index (χ3n) is 9.32. The molecular weight excluding hydrogens is 754 g/mol. The van der Waals surface area contributed by atoms with E-state index in [1.807, 2.05) is 44.2 Å². The number of amides is 5. The van der Waals surface area contributed by atoms with Crippen LogP contribution in [0.1, 0.15) is 86.0 Å². The Hall–Kier alpha value is -5.45. The molecule has 0 aliphatic carbocycles. The van der Waals surface area contributed by atoms with Crippen molar-refractivity contribution in [1.29, 1.82) is 0 Å². The number of esters is 2. The fourth-order valence-electron chi connectivity index (χ4n) is 5.83. The molecule has 5 amide bonds. The van der Waals surface area contributed by atoms with E-state index >= 15 is 0 Å². The molecule has 1 unspecified atom stereocenters. The number of ether oxygens (including phenoxy) is 4. The smallest absolute Gasteiger partial charge is 0.328 e. The Morgan fingerprint density at radius 2 is 1.26 bits per heavy atom. The van der Waals surface area contributed by atoms with Crippen molar-refractivity contribution in [3.8, 4) is 11.5 Å². The number of fused-ring (bicyclic) bond motifs is 1. The molecule has 2 rings (SSSR count). The molecule has 0 spiro atoms. The summed E-state index contributed by atoms with van der Waals surface area (Å²) in [7, 11) is 2.52. The zero-order valence-electron chi connectivity index (χ0n) is 34.6. The summed E-state index contributed by atoms with van der Waals surface area (Å²) in [4.78, 5) is 88.8. The molecule has 0 fully saturated rings. The minimum absolute atomic E-state index is 0.00945. The van der Waals surface area contributed by atoms with Crippen LogP contribution >= 0.6 is 0 Å². The van der Waals surface area contributed by atoms with Crippen molar-refractivity contribution >= 4 is 52.2 Å². The summed E-state index contributed by atoms with van der Waals surface area (Å²) in [6, 6.07) is 6.18. The van der Waals surface area contributed by atoms with Gasteiger partial charge in [0.25, 0.3) is 0 Å². The molecule has 0 aliphatic heterocycles. The number of carbonyl (C=O) groups excluding carboxylic acids is 7. The van der Waals surface area contributed by atoms with Crippen LogP contribution in [0.4, 0.5) is 0 Å². The Morgan fingerprint density at radius 3 is 1.78 bits per heavy atom. The highest BCUT2D eigenvalue weighted by Gasteiger charge is 2.35. The predicted molar refractivity (Wildman–Crippen MR) is 214 cm³/mol. The number of carbonyl (C=O) groups is 7. The van der Waals surface area contributed by atoms with E-state index in [0.717, 1.165) is 10.8 Å². The monoisotopic (exact) mass is 815 g/mol. The number of hydrogen-bond donors (Lipinski definition) is 6. The lowest BCUT2D eigenvalue weighted by molar-refractivity contribution is -0.146. The van der Waals surface area contributed by atoms with E-state index in [1.54, 1.807) is 19.9 Å². The summed E-state index contributed by atoms with van der Waals surface area (Å²) in [6.07, 6.45) is -0.0522. The van der Waals surface area contributed by atoms with Crippen LogP contribution in [0, 0.1) is 11.8 Å². The molecule has 17 nitrogen and oxygen atoms in total. The van der Waals surface area contributed by atoms with E-state index in [1.165, 1.54) is 21.1 Å². The number of aliphatic hydroxyl groups excluding tert-OH is 1. The number of hydrogen-bond acceptors (Lipinski definition) is 12. The van der Waals surface area contributed by atoms with Crippen LogP contribution in [-0.2, 0) is 43.0 Å². The van der Waals surface area contributed by atoms with Crippen LogP contribution in [0.15, 0.2) is 36.4 Å². The number of nitrogens with two attached hydrogens (primary N) is 1. The van der Waals surface area contributed by atoms with Gasteiger partial charge in [-0.25, -0.2) is 4.79 Å². The maximum atomic E-state index is 13.6. The molecule has 322 valence electrons. The number of primary amides is 1. The molecule has 7 N–H and O–H groups in total. The fraction of sp³-hybridized carbons (Fsp3) is 0.585. The van der Waals surface area contributed by atoms with Gasteiger partial charge in [0.2, 0.25) is 29.5 Å². The first-order valence-corrected chi connectivity index (χ1v) is 19.6. The molecule has 0 heterocycles. The molecule has 0 bridgehead atoms. The van der Waals surface area contributed by atoms with Gasteiger partial charge in [-0.2, -0.15) is 0 Å². The lowest BCUT2D eigenvalue weighted by atomic mass is 9.96. The minimum Gasteiger partial charge on any atom is -0.494 e. The number of rotatable bonds is 26. The van der Waals surface area contributed by atoms with Gasteiger partial charge in [0.15, 0.2) is 0 Å². The molecule has 17 heteroatoms. The topological polar surface area (TPSA) is 251 Å². The van der Waals surface area contributed by atoms with Crippen molar-refractivity contribution in [1.82, 2.24) is 21.3 Å². The van der Waals surface area contributed by atoms with E-state index in [-0.39, 0.29) is 57.0 Å². The molecule has 0 radical (unpaired) electrons. The average molecular weight is 816 g/mol. The van der Waals surface area contributed by atoms with Crippen LogP contribution in [0.5, 0.6) is 11.5 Å². The van der Waals surface area contributed by atoms with E-state index in [4.69, 9.17) is 19.9 Å². The van der Waals surface area contributed by atoms with Gasteiger partial charge < -0.3 is 51.1 Å². The predicted octanol–water partition coefficient (Wildman–Crippen LogP) is 2.18. The fourth-order valence-corrected chi connectivity index (χ4v) is 5.83. The van der Waals surface area contributed by atoms with Crippen molar-refractivity contribution < 1.29 is 57.6 Å². The van der Waals surface area contributed by atoms with Crippen LogP contribution in [-0.4, -0.2) is 104 Å². The molecule has 0 saturated heterocycles. The van der Waals surface area contributed by atoms with Crippen LogP contribution in [0.25, 0.3) is 10.8 Å². The normalized spacial score (nSPS) is 14.2. The van der Waals surface area contributed by atoms with Gasteiger partial charge >= 0.3 is 11.9 Å². The third-order valence-corrected chi connectivity index (χ3v) is 9.32. The van der Waals surface area contributed by atoms with E-state index < -0.39 is 71.7 Å². The third kappa shape index (κ3) is 17.0. The summed E-state index contributed by atoms with van der Waals surface area (Å²) >= 11 is 0. The van der Waals surface area contributed by atoms with Gasteiger partial charge in [-0.3, -0.25) is 28.8 Å². The number of benzene rings is 2. The summed E-state index contributed by atoms with van der Waals surface area (Å²) in [5.41, 5.74) is 5.35. The Labute approximate surface area is 339 Å². The van der Waals surface area contributed by atoms with Crippen LogP contribution < -0.4 is 36.5 Å². The summed E-state index contributed by atoms with van der Waals surface area (Å²) in [5.74, 6) is -3.80. The van der Waals surface area contributed by atoms with Crippen molar-refractivity contribution in [3.05, 3.63) is 36.4 Å². The first-order valence-electron chi connectivity index (χ1n) is 19.6. The van der Waals surface area contributed by atoms with Gasteiger partial charge in [0.05, 0.1) is 33.5 Å². The maximum absolute atomic E-state index is 13.6. The van der Waals surface area contributed by atoms with E-state index in [0.29, 0.717) is 30.9 Å². The largest absolute Gasteiger partial charge is 0.494 e. The Balaban J connectivity index is 2.05. The molecule has 0 saturated carbocycles. The molecule has 0 aliphatic rings. The molecule has 0 aromatic heterocycles. The Kier molecular flexibility index (Phi) is 21.0. The van der Waals surface area contributed by atoms with Crippen molar-refractivity contribution in [2.45, 2.75) is 116 Å². The average Bonchev–Trinajstić information content (AvgIpc) is 3.18. The highest BCUT2D eigenvalue weighted by molar-refractivity contribution is 5.95. The SMILES string of the molecule is CC[C@H](C)[C@H](NC(=O)[C@H](CCC(N)=O)NC(=O)CCCOc1ccc2ccc(OCCCC(=O)OC)cc2c1)C(=O)N[C@H](C(=O)N[C@@H](CC(C)C)C(=O)OC)C(C)O. The van der Waals surface area contributed by atoms with Crippen molar-refractivity contribution in [2.75, 3.05) is 27.4 Å². The highest BCUT2D eigenvalue weighted by atomic mass is 16.5. The zero-order valence-corrected chi connectivity index (χ0v) is 34.6. The molecule has 2 aromatic carbocycles. The second-order valence-corrected chi connectivity index (χ2v) is 14.6. The Morgan fingerprint density at radius 1 is 0.690 bits per heavy atom. The Bertz CT molecular complexity index is 1700. The molecule has 2 aromatic rings. The zero-order chi connectivity index (χ0) is 43.4. The van der Waals surface area contributed by atoms with Crippen molar-refractivity contribution in [2.24, 2.45) is 17.6 Å². The quantitative estimate of drug-likeness (QED) is 0.0591. The van der Waals surface area contributed by atoms with Crippen LogP contribution in [0.3, 0.4) is 0 Å². The molecular formula is C41H61N5O12. The maximum Gasteiger partial charge on any atom is 0.328 e. The minimum atomic E-state index is -1.49. The number of nitrogens with one attached hydrogen (secondary N) is 4. The van der Waals surface area contributed by atoms with Gasteiger partial charge in [-0.05, 0) is 79.5 Å². The first kappa shape index (κ1) is 48.7. The lowest BCUT2D eigenvalue weighted by Crippen LogP contribution is -2.61. The van der Waals surface area contributed by atoms with Gasteiger partial charge in [-0.1, -0.05) is 46.2 Å². The summed E-state index contributed by atoms with van der Waals surface area (Å²) in [6.45, 7) is 9.01. The molecule has 58 heavy (non-hydrogen) atoms. The van der Waals surface area contributed by atoms with Crippen molar-refractivity contribution in [3.63, 3.8) is 0 Å². The highest BCUT2D eigenvalue weighted by Crippen LogP contribution is 2.25. The van der Waals surface area contributed by atoms with Crippen LogP contribution in [0.2, 0.25) is 0 Å². The van der Waals surface area contributed by atoms with E-state index in [2.05, 4.69) is 26.0 Å². The molecule has 6 atom stereocenters. The van der Waals surface area contributed by atoms with Gasteiger partial charge in [0.1, 0.15) is 35.7 Å². The lowest BCUT2D eigenvalue weighted by Gasteiger charge is -2.29. The second-order valence-electron chi connectivity index (χ2n) is 14.6. The second kappa shape index (κ2) is 25.0. The summed E-state index contributed by atoms with van der Waals surface area (Å²) in [5, 5.41) is 22.6. The van der Waals surface area contributed by atoms with E-state index in [9.17, 15) is 38.7 Å². The number of aliphatic hydroxyl groups is 1. The van der Waals surface area contributed by atoms with Gasteiger partial charge in [0, 0.05) is 19.3 Å². The van der Waals surface area contributed by atoms with Gasteiger partial charge in [-0.15, -0.1) is 0 Å². The standard InChI is InChI=1S/C41H61N5O12/c1-8-25(4)36(39(52)46-37(26(5)47)40(53)44-32(21-24(2)3)41(54)56-7)45-38(51)31(17-18-33(42)48)43-34(49)11-9-19-57-29-15-13-27-14-16-30(23-28(27)22-29)58-20-10-12-35(50)55-6/h13-16,22-26,31-32,36-37,47H,8-12,17-21H2,1-7H3,(H2,42,48)(H,43,49)(H,44,53)(H,45,51)(H,46,52)/t25-,26?,31-,32-,36-,37-/m0/s1. The first-order chi connectivity index (χ1) is 27.5.